The van der Waals surface area contributed by atoms with Crippen LogP contribution < -0.4 is 29.6 Å². The molecule has 0 heterocycles. The van der Waals surface area contributed by atoms with E-state index in [-0.39, 0.29) is 45.9 Å². The van der Waals surface area contributed by atoms with Crippen LogP contribution in [0.1, 0.15) is 11.1 Å². The number of phenolic OH excluding ortho intramolecular Hbond substituents is 1. The third-order valence-corrected chi connectivity index (χ3v) is 5.89. The van der Waals surface area contributed by atoms with Crippen molar-refractivity contribution < 1.29 is 47.6 Å². The van der Waals surface area contributed by atoms with Gasteiger partial charge in [-0.15, -0.1) is 5.11 Å². The topological polar surface area (TPSA) is 127 Å². The van der Waals surface area contributed by atoms with Crippen molar-refractivity contribution in [1.29, 1.82) is 0 Å². The van der Waals surface area contributed by atoms with Crippen molar-refractivity contribution >= 4 is 43.6 Å². The van der Waals surface area contributed by atoms with Crippen LogP contribution in [0.4, 0.5) is 22.7 Å². The number of phenols is 1. The summed E-state index contributed by atoms with van der Waals surface area (Å²) < 4.78 is 33.9. The fraction of sp³-hybridized carbons (Fsp3) is 0.0833. The van der Waals surface area contributed by atoms with E-state index in [4.69, 9.17) is 0 Å². The molecule has 10 heteroatoms. The molecule has 0 amide bonds. The summed E-state index contributed by atoms with van der Waals surface area (Å²) in [5, 5.41) is 28.2. The molecule has 4 aromatic rings. The minimum absolute atomic E-state index is 0. The molecule has 166 valence electrons. The van der Waals surface area contributed by atoms with Crippen molar-refractivity contribution in [3.05, 3.63) is 83.9 Å². The zero-order chi connectivity index (χ0) is 23.6. The van der Waals surface area contributed by atoms with E-state index >= 15 is 0 Å². The molecule has 0 unspecified atom stereocenters. The van der Waals surface area contributed by atoms with Crippen molar-refractivity contribution in [2.24, 2.45) is 20.5 Å². The van der Waals surface area contributed by atoms with Gasteiger partial charge < -0.3 is 9.66 Å². The molecule has 8 nitrogen and oxygen atoms in total. The Balaban J connectivity index is 0.00000324. The van der Waals surface area contributed by atoms with Crippen LogP contribution in [-0.4, -0.2) is 18.1 Å². The standard InChI is InChI=1S/C24H20N4O4S.Na/c1-15-5-3-4-6-21(15)26-25-18-8-11-22(16(2)13-18)27-28-24-20-10-9-19(33(30,31)32)14-17(20)7-12-23(24)29;/h3-14,29H,1-2H3,(H,30,31,32);/q;+1/p-1. The molecule has 0 spiro atoms. The fourth-order valence-electron chi connectivity index (χ4n) is 3.25. The second kappa shape index (κ2) is 10.5. The van der Waals surface area contributed by atoms with Crippen LogP contribution in [0.3, 0.4) is 0 Å². The fourth-order valence-corrected chi connectivity index (χ4v) is 3.75. The van der Waals surface area contributed by atoms with Gasteiger partial charge in [0.1, 0.15) is 21.6 Å². The molecule has 0 bridgehead atoms. The van der Waals surface area contributed by atoms with Gasteiger partial charge in [-0.25, -0.2) is 8.42 Å². The molecule has 0 aromatic heterocycles. The van der Waals surface area contributed by atoms with E-state index in [1.165, 1.54) is 30.3 Å². The van der Waals surface area contributed by atoms with Crippen LogP contribution >= 0.6 is 0 Å². The summed E-state index contributed by atoms with van der Waals surface area (Å²) >= 11 is 0. The number of azo groups is 2. The van der Waals surface area contributed by atoms with Gasteiger partial charge in [-0.3, -0.25) is 0 Å². The summed E-state index contributed by atoms with van der Waals surface area (Å²) in [6.45, 7) is 3.82. The van der Waals surface area contributed by atoms with Gasteiger partial charge in [-0.05, 0) is 72.8 Å². The third kappa shape index (κ3) is 5.75. The average Bonchev–Trinajstić information content (AvgIpc) is 2.78. The van der Waals surface area contributed by atoms with E-state index in [1.807, 2.05) is 44.2 Å². The van der Waals surface area contributed by atoms with Crippen LogP contribution in [0.2, 0.25) is 0 Å². The van der Waals surface area contributed by atoms with Crippen LogP contribution in [0.25, 0.3) is 10.8 Å². The Morgan fingerprint density at radius 1 is 0.765 bits per heavy atom. The van der Waals surface area contributed by atoms with Gasteiger partial charge in [0.15, 0.2) is 0 Å². The SMILES string of the molecule is Cc1ccccc1N=Nc1ccc(N=Nc2c(O)ccc3cc(S(=O)(=O)[O-])ccc23)c(C)c1.[Na+]. The number of fused-ring (bicyclic) bond motifs is 1. The van der Waals surface area contributed by atoms with Gasteiger partial charge in [-0.2, -0.15) is 15.3 Å². The largest absolute Gasteiger partial charge is 1.00 e. The number of rotatable bonds is 5. The first kappa shape index (κ1) is 25.7. The van der Waals surface area contributed by atoms with E-state index in [0.717, 1.165) is 16.8 Å². The van der Waals surface area contributed by atoms with Crippen molar-refractivity contribution in [2.45, 2.75) is 18.7 Å². The molecule has 0 radical (unpaired) electrons. The number of aromatic hydroxyl groups is 1. The molecule has 0 saturated carbocycles. The van der Waals surface area contributed by atoms with Gasteiger partial charge in [0.2, 0.25) is 0 Å². The van der Waals surface area contributed by atoms with Crippen molar-refractivity contribution in [2.75, 3.05) is 0 Å². The average molecular weight is 482 g/mol. The number of aryl methyl sites for hydroxylation is 2. The molecule has 0 atom stereocenters. The predicted octanol–water partition coefficient (Wildman–Crippen LogP) is 3.90. The second-order valence-corrected chi connectivity index (χ2v) is 8.81. The van der Waals surface area contributed by atoms with Crippen LogP contribution in [-0.2, 0) is 10.1 Å². The Hall–Kier alpha value is -2.95. The van der Waals surface area contributed by atoms with E-state index in [1.54, 1.807) is 12.1 Å². The van der Waals surface area contributed by atoms with E-state index < -0.39 is 10.1 Å². The number of benzene rings is 4. The summed E-state index contributed by atoms with van der Waals surface area (Å²) in [6, 6.07) is 19.8. The first-order valence-electron chi connectivity index (χ1n) is 9.94. The quantitative estimate of drug-likeness (QED) is 0.263. The summed E-state index contributed by atoms with van der Waals surface area (Å²) in [6.07, 6.45) is 0. The molecule has 0 fully saturated rings. The summed E-state index contributed by atoms with van der Waals surface area (Å²) in [7, 11) is -4.59. The molecule has 0 saturated heterocycles. The monoisotopic (exact) mass is 482 g/mol. The van der Waals surface area contributed by atoms with Crippen LogP contribution in [0, 0.1) is 13.8 Å². The van der Waals surface area contributed by atoms with E-state index in [2.05, 4.69) is 20.5 Å². The molecular weight excluding hydrogens is 463 g/mol. The molecule has 0 aliphatic rings. The smallest absolute Gasteiger partial charge is 0.744 e. The summed E-state index contributed by atoms with van der Waals surface area (Å²) in [4.78, 5) is -0.352. The van der Waals surface area contributed by atoms with Gasteiger partial charge in [-0.1, -0.05) is 30.3 Å². The van der Waals surface area contributed by atoms with Crippen LogP contribution in [0.5, 0.6) is 5.75 Å². The van der Waals surface area contributed by atoms with E-state index in [0.29, 0.717) is 22.1 Å². The molecule has 1 N–H and O–H groups in total. The number of hydrogen-bond acceptors (Lipinski definition) is 8. The Labute approximate surface area is 219 Å². The van der Waals surface area contributed by atoms with Gasteiger partial charge in [0.05, 0.1) is 22.0 Å². The molecular formula is C24H19N4NaO4S. The minimum atomic E-state index is -4.59. The zero-order valence-electron chi connectivity index (χ0n) is 18.8. The maximum atomic E-state index is 11.3. The Morgan fingerprint density at radius 3 is 2.18 bits per heavy atom. The zero-order valence-corrected chi connectivity index (χ0v) is 21.6. The Morgan fingerprint density at radius 2 is 1.47 bits per heavy atom. The summed E-state index contributed by atoms with van der Waals surface area (Å²) in [5.41, 5.74) is 4.02. The van der Waals surface area contributed by atoms with Crippen molar-refractivity contribution in [3.63, 3.8) is 0 Å². The normalized spacial score (nSPS) is 11.9. The molecule has 4 aromatic carbocycles. The number of nitrogens with zero attached hydrogens (tertiary/aromatic N) is 4. The maximum absolute atomic E-state index is 11.3. The van der Waals surface area contributed by atoms with Gasteiger partial charge in [0, 0.05) is 5.39 Å². The molecule has 0 aliphatic heterocycles. The predicted molar refractivity (Wildman–Crippen MR) is 124 cm³/mol. The van der Waals surface area contributed by atoms with Gasteiger partial charge in [0.25, 0.3) is 0 Å². The first-order chi connectivity index (χ1) is 15.7. The maximum Gasteiger partial charge on any atom is 1.00 e. The Kier molecular flexibility index (Phi) is 7.96. The van der Waals surface area contributed by atoms with Crippen molar-refractivity contribution in [1.82, 2.24) is 0 Å². The minimum Gasteiger partial charge on any atom is -0.744 e. The van der Waals surface area contributed by atoms with Crippen molar-refractivity contribution in [3.8, 4) is 5.75 Å². The Bertz CT molecular complexity index is 1540. The van der Waals surface area contributed by atoms with E-state index in [9.17, 15) is 18.1 Å². The van der Waals surface area contributed by atoms with Crippen LogP contribution in [0.15, 0.2) is 98.1 Å². The summed E-state index contributed by atoms with van der Waals surface area (Å²) in [5.74, 6) is -0.120. The number of hydrogen-bond donors (Lipinski definition) is 1. The molecule has 0 aliphatic carbocycles. The van der Waals surface area contributed by atoms with Gasteiger partial charge >= 0.3 is 29.6 Å². The third-order valence-electron chi connectivity index (χ3n) is 5.06. The second-order valence-electron chi connectivity index (χ2n) is 7.43. The molecule has 4 rings (SSSR count). The first-order valence-corrected chi connectivity index (χ1v) is 11.3. The molecule has 34 heavy (non-hydrogen) atoms.